The Morgan fingerprint density at radius 2 is 2.24 bits per heavy atom. The van der Waals surface area contributed by atoms with Gasteiger partial charge in [0.1, 0.15) is 5.82 Å². The lowest BCUT2D eigenvalue weighted by Crippen LogP contribution is -2.33. The second kappa shape index (κ2) is 6.09. The maximum Gasteiger partial charge on any atom is 0.127 e. The summed E-state index contributed by atoms with van der Waals surface area (Å²) in [4.78, 5) is 4.96. The van der Waals surface area contributed by atoms with Crippen molar-refractivity contribution in [2.24, 2.45) is 5.92 Å². The molecule has 0 amide bonds. The lowest BCUT2D eigenvalue weighted by atomic mass is 9.90. The number of piperidine rings is 1. The Kier molecular flexibility index (Phi) is 4.36. The highest BCUT2D eigenvalue weighted by Gasteiger charge is 2.27. The highest BCUT2D eigenvalue weighted by molar-refractivity contribution is 9.10. The third-order valence-electron chi connectivity index (χ3n) is 4.60. The molecule has 1 fully saturated rings. The smallest absolute Gasteiger partial charge is 0.127 e. The summed E-state index contributed by atoms with van der Waals surface area (Å²) < 4.78 is 3.50. The van der Waals surface area contributed by atoms with Crippen LogP contribution in [0.2, 0.25) is 0 Å². The zero-order valence-corrected chi connectivity index (χ0v) is 14.7. The fraction of sp³-hybridized carbons (Fsp3) is 0.588. The summed E-state index contributed by atoms with van der Waals surface area (Å²) in [6.07, 6.45) is 3.76. The molecule has 1 aromatic heterocycles. The summed E-state index contributed by atoms with van der Waals surface area (Å²) in [5.41, 5.74) is 2.33. The van der Waals surface area contributed by atoms with E-state index in [4.69, 9.17) is 4.98 Å². The Morgan fingerprint density at radius 3 is 2.95 bits per heavy atom. The summed E-state index contributed by atoms with van der Waals surface area (Å²) in [5, 5.41) is 3.68. The van der Waals surface area contributed by atoms with Gasteiger partial charge in [-0.2, -0.15) is 0 Å². The largest absolute Gasteiger partial charge is 0.324 e. The SMILES string of the molecule is CCC1CCNC(c2nc3cc(Br)ccc3n2C(C)C)C1. The van der Waals surface area contributed by atoms with Gasteiger partial charge >= 0.3 is 0 Å². The first-order chi connectivity index (χ1) is 10.1. The van der Waals surface area contributed by atoms with Crippen molar-refractivity contribution in [3.8, 4) is 0 Å². The molecule has 1 N–H and O–H groups in total. The van der Waals surface area contributed by atoms with Crippen LogP contribution in [0.15, 0.2) is 22.7 Å². The molecule has 3 nitrogen and oxygen atoms in total. The van der Waals surface area contributed by atoms with Crippen LogP contribution < -0.4 is 5.32 Å². The highest BCUT2D eigenvalue weighted by atomic mass is 79.9. The van der Waals surface area contributed by atoms with E-state index < -0.39 is 0 Å². The van der Waals surface area contributed by atoms with Crippen LogP contribution >= 0.6 is 15.9 Å². The quantitative estimate of drug-likeness (QED) is 0.859. The number of imidazole rings is 1. The van der Waals surface area contributed by atoms with E-state index in [2.05, 4.69) is 64.8 Å². The first kappa shape index (κ1) is 15.0. The Morgan fingerprint density at radius 1 is 1.43 bits per heavy atom. The van der Waals surface area contributed by atoms with Gasteiger partial charge in [0.25, 0.3) is 0 Å². The van der Waals surface area contributed by atoms with E-state index in [1.807, 2.05) is 0 Å². The van der Waals surface area contributed by atoms with Crippen LogP contribution in [-0.4, -0.2) is 16.1 Å². The van der Waals surface area contributed by atoms with Gasteiger partial charge in [0, 0.05) is 10.5 Å². The molecule has 1 aromatic carbocycles. The Bertz CT molecular complexity index is 632. The first-order valence-electron chi connectivity index (χ1n) is 8.01. The second-order valence-electron chi connectivity index (χ2n) is 6.37. The van der Waals surface area contributed by atoms with Crippen molar-refractivity contribution >= 4 is 27.0 Å². The first-order valence-corrected chi connectivity index (χ1v) is 8.80. The number of hydrogen-bond donors (Lipinski definition) is 1. The summed E-state index contributed by atoms with van der Waals surface area (Å²) in [5.74, 6) is 2.03. The predicted molar refractivity (Wildman–Crippen MR) is 91.6 cm³/mol. The van der Waals surface area contributed by atoms with E-state index in [1.54, 1.807) is 0 Å². The summed E-state index contributed by atoms with van der Waals surface area (Å²) in [6, 6.07) is 7.22. The molecule has 1 aliphatic rings. The van der Waals surface area contributed by atoms with Crippen molar-refractivity contribution < 1.29 is 0 Å². The average Bonchev–Trinajstić information content (AvgIpc) is 2.85. The number of fused-ring (bicyclic) bond motifs is 1. The van der Waals surface area contributed by atoms with Crippen LogP contribution in [0.25, 0.3) is 11.0 Å². The second-order valence-corrected chi connectivity index (χ2v) is 7.29. The van der Waals surface area contributed by atoms with E-state index in [9.17, 15) is 0 Å². The van der Waals surface area contributed by atoms with E-state index in [0.29, 0.717) is 12.1 Å². The summed E-state index contributed by atoms with van der Waals surface area (Å²) in [7, 11) is 0. The number of rotatable bonds is 3. The summed E-state index contributed by atoms with van der Waals surface area (Å²) >= 11 is 3.56. The molecule has 2 heterocycles. The molecule has 2 aromatic rings. The lowest BCUT2D eigenvalue weighted by Gasteiger charge is -2.30. The zero-order valence-electron chi connectivity index (χ0n) is 13.1. The molecule has 4 heteroatoms. The molecule has 2 unspecified atom stereocenters. The highest BCUT2D eigenvalue weighted by Crippen LogP contribution is 2.33. The van der Waals surface area contributed by atoms with Gasteiger partial charge in [0.2, 0.25) is 0 Å². The molecule has 0 bridgehead atoms. The van der Waals surface area contributed by atoms with E-state index >= 15 is 0 Å². The molecular weight excluding hydrogens is 326 g/mol. The molecule has 21 heavy (non-hydrogen) atoms. The maximum absolute atomic E-state index is 4.96. The molecule has 114 valence electrons. The van der Waals surface area contributed by atoms with Crippen LogP contribution in [0.3, 0.4) is 0 Å². The lowest BCUT2D eigenvalue weighted by molar-refractivity contribution is 0.284. The molecule has 0 spiro atoms. The normalized spacial score (nSPS) is 23.1. The number of benzene rings is 1. The number of hydrogen-bond acceptors (Lipinski definition) is 2. The molecule has 0 aliphatic carbocycles. The van der Waals surface area contributed by atoms with Crippen LogP contribution in [0.4, 0.5) is 0 Å². The molecule has 0 saturated carbocycles. The fourth-order valence-electron chi connectivity index (χ4n) is 3.44. The average molecular weight is 350 g/mol. The minimum absolute atomic E-state index is 0.386. The number of halogens is 1. The predicted octanol–water partition coefficient (Wildman–Crippen LogP) is 4.83. The Balaban J connectivity index is 2.06. The van der Waals surface area contributed by atoms with Gasteiger partial charge in [0.05, 0.1) is 17.1 Å². The van der Waals surface area contributed by atoms with Crippen molar-refractivity contribution in [2.45, 2.75) is 52.1 Å². The third-order valence-corrected chi connectivity index (χ3v) is 5.09. The van der Waals surface area contributed by atoms with Gasteiger partial charge in [-0.3, -0.25) is 0 Å². The topological polar surface area (TPSA) is 29.9 Å². The molecular formula is C17H24BrN3. The van der Waals surface area contributed by atoms with Crippen molar-refractivity contribution in [1.82, 2.24) is 14.9 Å². The molecule has 2 atom stereocenters. The van der Waals surface area contributed by atoms with Crippen LogP contribution in [-0.2, 0) is 0 Å². The molecule has 1 saturated heterocycles. The molecule has 0 radical (unpaired) electrons. The van der Waals surface area contributed by atoms with Gasteiger partial charge in [-0.05, 0) is 57.4 Å². The fourth-order valence-corrected chi connectivity index (χ4v) is 3.79. The number of aromatic nitrogens is 2. The van der Waals surface area contributed by atoms with Crippen molar-refractivity contribution in [2.75, 3.05) is 6.54 Å². The zero-order chi connectivity index (χ0) is 15.0. The Hall–Kier alpha value is -0.870. The third kappa shape index (κ3) is 2.88. The monoisotopic (exact) mass is 349 g/mol. The van der Waals surface area contributed by atoms with Gasteiger partial charge in [0.15, 0.2) is 0 Å². The standard InChI is InChI=1S/C17H24BrN3/c1-4-12-7-8-19-15(9-12)17-20-14-10-13(18)5-6-16(14)21(17)11(2)3/h5-6,10-12,15,19H,4,7-9H2,1-3H3. The minimum Gasteiger partial charge on any atom is -0.324 e. The van der Waals surface area contributed by atoms with Crippen LogP contribution in [0.5, 0.6) is 0 Å². The van der Waals surface area contributed by atoms with E-state index in [0.717, 1.165) is 22.5 Å². The van der Waals surface area contributed by atoms with Gasteiger partial charge in [-0.25, -0.2) is 4.98 Å². The van der Waals surface area contributed by atoms with E-state index in [1.165, 1.54) is 30.6 Å². The summed E-state index contributed by atoms with van der Waals surface area (Å²) in [6.45, 7) is 7.89. The number of nitrogens with one attached hydrogen (secondary N) is 1. The van der Waals surface area contributed by atoms with Gasteiger partial charge in [-0.1, -0.05) is 29.3 Å². The van der Waals surface area contributed by atoms with Crippen molar-refractivity contribution in [3.05, 3.63) is 28.5 Å². The van der Waals surface area contributed by atoms with Gasteiger partial charge in [-0.15, -0.1) is 0 Å². The van der Waals surface area contributed by atoms with E-state index in [-0.39, 0.29) is 0 Å². The molecule has 3 rings (SSSR count). The van der Waals surface area contributed by atoms with Crippen LogP contribution in [0, 0.1) is 5.92 Å². The number of nitrogens with zero attached hydrogens (tertiary/aromatic N) is 2. The minimum atomic E-state index is 0.386. The van der Waals surface area contributed by atoms with Crippen molar-refractivity contribution in [3.63, 3.8) is 0 Å². The molecule has 1 aliphatic heterocycles. The Labute approximate surface area is 135 Å². The van der Waals surface area contributed by atoms with Crippen LogP contribution in [0.1, 0.15) is 57.9 Å². The van der Waals surface area contributed by atoms with Gasteiger partial charge < -0.3 is 9.88 Å². The van der Waals surface area contributed by atoms with Crippen molar-refractivity contribution in [1.29, 1.82) is 0 Å². The maximum atomic E-state index is 4.96.